The molecule has 5 heavy (non-hydrogen) atoms. The summed E-state index contributed by atoms with van der Waals surface area (Å²) < 4.78 is 0. The van der Waals surface area contributed by atoms with Gasteiger partial charge in [-0.15, -0.1) is 12.4 Å². The number of hydrogen-bond acceptors (Lipinski definition) is 2. The van der Waals surface area contributed by atoms with E-state index >= 15 is 0 Å². The molecule has 0 atom stereocenters. The Morgan fingerprint density at radius 2 is 0.800 bits per heavy atom. The largest absolute Gasteiger partial charge is 2.00 e. The molecule has 0 amide bonds. The zero-order chi connectivity index (χ0) is 0. The van der Waals surface area contributed by atoms with Gasteiger partial charge in [-0.3, -0.25) is 0 Å². The summed E-state index contributed by atoms with van der Waals surface area (Å²) in [5.41, 5.74) is 0. The molecule has 4 N–H and O–H groups in total. The first-order valence-electron chi connectivity index (χ1n) is 0. The molecule has 0 bridgehead atoms. The maximum absolute atomic E-state index is 0. The molecule has 0 heterocycles. The predicted molar refractivity (Wildman–Crippen MR) is 20.5 cm³/mol. The zero-order valence-corrected chi connectivity index (χ0v) is 4.74. The Morgan fingerprint density at radius 3 is 0.800 bits per heavy atom. The van der Waals surface area contributed by atoms with Crippen molar-refractivity contribution in [1.82, 2.24) is 0 Å². The van der Waals surface area contributed by atoms with Gasteiger partial charge in [-0.25, -0.2) is 0 Å². The quantitative estimate of drug-likeness (QED) is 0.371. The summed E-state index contributed by atoms with van der Waals surface area (Å²) in [5, 5.41) is 0. The zero-order valence-electron chi connectivity index (χ0n) is 2.51. The van der Waals surface area contributed by atoms with Crippen LogP contribution in [0.5, 0.6) is 0 Å². The van der Waals surface area contributed by atoms with Gasteiger partial charge in [0, 0.05) is 0 Å². The van der Waals surface area contributed by atoms with Crippen molar-refractivity contribution in [3.63, 3.8) is 0 Å². The van der Waals surface area contributed by atoms with E-state index in [1.54, 1.807) is 0 Å². The Morgan fingerprint density at radius 1 is 0.800 bits per heavy atom. The second-order valence-corrected chi connectivity index (χ2v) is 0. The summed E-state index contributed by atoms with van der Waals surface area (Å²) in [6, 6.07) is 0. The fourth-order valence-electron chi connectivity index (χ4n) is 0. The molecule has 0 unspecified atom stereocenters. The van der Waals surface area contributed by atoms with Crippen molar-refractivity contribution in [3.8, 4) is 0 Å². The van der Waals surface area contributed by atoms with Gasteiger partial charge in [-0.1, -0.05) is 0 Å². The molecule has 0 aromatic carbocycles. The maximum Gasteiger partial charge on any atom is 2.00 e. The molecule has 0 saturated carbocycles. The third kappa shape index (κ3) is 48.6. The fourth-order valence-corrected chi connectivity index (χ4v) is 0. The first-order valence-corrected chi connectivity index (χ1v) is 0. The van der Waals surface area contributed by atoms with Crippen LogP contribution in [0.2, 0.25) is 0 Å². The Labute approximate surface area is 52.2 Å². The number of halogens is 1. The van der Waals surface area contributed by atoms with Crippen LogP contribution in [0.4, 0.5) is 0 Å². The summed E-state index contributed by atoms with van der Waals surface area (Å²) in [4.78, 5) is 0. The van der Waals surface area contributed by atoms with E-state index in [-0.39, 0.29) is 51.9 Å². The van der Waals surface area contributed by atoms with Crippen LogP contribution in [-0.2, 0) is 0 Å². The SMILES string of the molecule is Cl.O.[Mg+2].[OH-].[OH-]. The molecule has 0 radical (unpaired) electrons. The van der Waals surface area contributed by atoms with Crippen LogP contribution in [-0.4, -0.2) is 39.5 Å². The molecule has 0 aliphatic carbocycles. The second kappa shape index (κ2) is 87.3. The molecule has 0 aromatic rings. The monoisotopic (exact) mass is 112 g/mol. The standard InChI is InChI=1S/ClH.Mg.3H2O/h1H;;3*1H2/q;+2;;;/p-2. The van der Waals surface area contributed by atoms with Gasteiger partial charge in [0.2, 0.25) is 0 Å². The van der Waals surface area contributed by atoms with Crippen LogP contribution in [0.1, 0.15) is 0 Å². The minimum atomic E-state index is 0. The minimum absolute atomic E-state index is 0. The van der Waals surface area contributed by atoms with E-state index in [0.29, 0.717) is 0 Å². The average Bonchev–Trinajstić information content (AvgIpc) is 0. The first kappa shape index (κ1) is 165. The topological polar surface area (TPSA) is 91.5 Å². The summed E-state index contributed by atoms with van der Waals surface area (Å²) in [5.74, 6) is 0. The van der Waals surface area contributed by atoms with E-state index in [0.717, 1.165) is 0 Å². The Hall–Kier alpha value is 0.936. The van der Waals surface area contributed by atoms with E-state index in [2.05, 4.69) is 0 Å². The van der Waals surface area contributed by atoms with Gasteiger partial charge in [-0.2, -0.15) is 0 Å². The second-order valence-electron chi connectivity index (χ2n) is 0. The molecular formula is H5ClMgO3. The van der Waals surface area contributed by atoms with Crippen molar-refractivity contribution in [3.05, 3.63) is 0 Å². The van der Waals surface area contributed by atoms with Gasteiger partial charge in [0.05, 0.1) is 0 Å². The minimum Gasteiger partial charge on any atom is -0.870 e. The summed E-state index contributed by atoms with van der Waals surface area (Å²) in [7, 11) is 0. The van der Waals surface area contributed by atoms with Gasteiger partial charge in [0.15, 0.2) is 0 Å². The van der Waals surface area contributed by atoms with Crippen LogP contribution >= 0.6 is 12.4 Å². The summed E-state index contributed by atoms with van der Waals surface area (Å²) >= 11 is 0. The van der Waals surface area contributed by atoms with Gasteiger partial charge in [0.25, 0.3) is 0 Å². The number of hydrogen-bond donors (Lipinski definition) is 0. The van der Waals surface area contributed by atoms with Crippen molar-refractivity contribution < 1.29 is 16.4 Å². The fraction of sp³-hybridized carbons (Fsp3) is 0. The van der Waals surface area contributed by atoms with Crippen molar-refractivity contribution in [2.45, 2.75) is 0 Å². The Bertz CT molecular complexity index is 6.85. The molecule has 0 aliphatic heterocycles. The molecule has 0 spiro atoms. The molecule has 3 nitrogen and oxygen atoms in total. The maximum atomic E-state index is 0. The first-order chi connectivity index (χ1) is 0. The molecule has 0 aromatic heterocycles. The third-order valence-corrected chi connectivity index (χ3v) is 0. The van der Waals surface area contributed by atoms with E-state index in [1.165, 1.54) is 0 Å². The van der Waals surface area contributed by atoms with E-state index in [1.807, 2.05) is 0 Å². The van der Waals surface area contributed by atoms with Crippen molar-refractivity contribution in [2.75, 3.05) is 0 Å². The molecular weight excluding hydrogens is 108 g/mol. The van der Waals surface area contributed by atoms with Crippen molar-refractivity contribution in [1.29, 1.82) is 0 Å². The van der Waals surface area contributed by atoms with Gasteiger partial charge in [-0.05, 0) is 0 Å². The van der Waals surface area contributed by atoms with E-state index < -0.39 is 0 Å². The molecule has 0 rings (SSSR count). The van der Waals surface area contributed by atoms with Crippen LogP contribution in [0.25, 0.3) is 0 Å². The third-order valence-electron chi connectivity index (χ3n) is 0. The van der Waals surface area contributed by atoms with E-state index in [9.17, 15) is 0 Å². The van der Waals surface area contributed by atoms with Crippen LogP contribution in [0.15, 0.2) is 0 Å². The molecule has 0 saturated heterocycles. The van der Waals surface area contributed by atoms with Crippen molar-refractivity contribution in [2.24, 2.45) is 0 Å². The van der Waals surface area contributed by atoms with Gasteiger partial charge >= 0.3 is 23.1 Å². The predicted octanol–water partition coefficient (Wildman–Crippen LogP) is -1.14. The van der Waals surface area contributed by atoms with Gasteiger partial charge in [0.1, 0.15) is 0 Å². The van der Waals surface area contributed by atoms with E-state index in [4.69, 9.17) is 0 Å². The van der Waals surface area contributed by atoms with Crippen LogP contribution in [0.3, 0.4) is 0 Å². The molecule has 0 fully saturated rings. The molecule has 5 heteroatoms. The Kier molecular flexibility index (Phi) is 2880. The number of rotatable bonds is 0. The smallest absolute Gasteiger partial charge is 0.870 e. The van der Waals surface area contributed by atoms with Crippen LogP contribution < -0.4 is 0 Å². The molecule has 32 valence electrons. The van der Waals surface area contributed by atoms with Crippen LogP contribution in [0, 0.1) is 0 Å². The normalized spacial score (nSPS) is 0. The summed E-state index contributed by atoms with van der Waals surface area (Å²) in [6.45, 7) is 0. The summed E-state index contributed by atoms with van der Waals surface area (Å²) in [6.07, 6.45) is 0. The Balaban J connectivity index is 0. The van der Waals surface area contributed by atoms with Gasteiger partial charge < -0.3 is 16.4 Å². The molecule has 0 aliphatic rings. The average molecular weight is 113 g/mol. The van der Waals surface area contributed by atoms with Crippen molar-refractivity contribution >= 4 is 35.5 Å².